The van der Waals surface area contributed by atoms with Gasteiger partial charge in [-0.1, -0.05) is 70.2 Å². The number of ether oxygens (including phenoxy) is 1. The highest BCUT2D eigenvalue weighted by Gasteiger charge is 2.23. The van der Waals surface area contributed by atoms with Crippen LogP contribution in [0.2, 0.25) is 0 Å². The Labute approximate surface area is 271 Å². The molecule has 7 aromatic rings. The molecule has 3 heterocycles. The molecule has 4 aromatic carbocycles. The van der Waals surface area contributed by atoms with Crippen molar-refractivity contribution in [1.29, 1.82) is 0 Å². The van der Waals surface area contributed by atoms with E-state index in [1.165, 1.54) is 33.2 Å². The predicted molar refractivity (Wildman–Crippen MR) is 190 cm³/mol. The zero-order valence-electron chi connectivity index (χ0n) is 27.7. The third-order valence-corrected chi connectivity index (χ3v) is 8.99. The smallest absolute Gasteiger partial charge is 0.137 e. The summed E-state index contributed by atoms with van der Waals surface area (Å²) in [6.07, 6.45) is 1.87. The maximum absolute atomic E-state index is 6.55. The molecule has 0 fully saturated rings. The average Bonchev–Trinajstić information content (AvgIpc) is 3.53. The molecule has 0 atom stereocenters. The highest BCUT2D eigenvalue weighted by atomic mass is 16.5. The lowest BCUT2D eigenvalue weighted by Gasteiger charge is -2.20. The molecule has 0 amide bonds. The van der Waals surface area contributed by atoms with Gasteiger partial charge in [-0.15, -0.1) is 0 Å². The maximum atomic E-state index is 6.55. The Balaban J connectivity index is 1.29. The lowest BCUT2D eigenvalue weighted by atomic mass is 9.84. The summed E-state index contributed by atoms with van der Waals surface area (Å²) in [5, 5.41) is 7.43. The normalized spacial score (nSPS) is 11.8. The molecule has 5 nitrogen and oxygen atoms in total. The fourth-order valence-corrected chi connectivity index (χ4v) is 6.81. The van der Waals surface area contributed by atoms with Crippen molar-refractivity contribution in [3.63, 3.8) is 0 Å². The van der Waals surface area contributed by atoms with Crippen molar-refractivity contribution >= 4 is 21.8 Å². The highest BCUT2D eigenvalue weighted by molar-refractivity contribution is 6.09. The number of fused-ring (bicyclic) bond motifs is 3. The van der Waals surface area contributed by atoms with Crippen molar-refractivity contribution in [2.24, 2.45) is 0 Å². The van der Waals surface area contributed by atoms with E-state index in [2.05, 4.69) is 131 Å². The Morgan fingerprint density at radius 3 is 2.07 bits per heavy atom. The van der Waals surface area contributed by atoms with E-state index in [1.807, 2.05) is 30.5 Å². The van der Waals surface area contributed by atoms with Crippen LogP contribution in [0.3, 0.4) is 0 Å². The van der Waals surface area contributed by atoms with Crippen LogP contribution < -0.4 is 4.74 Å². The van der Waals surface area contributed by atoms with Crippen molar-refractivity contribution in [2.45, 2.75) is 60.3 Å². The van der Waals surface area contributed by atoms with Crippen LogP contribution in [-0.4, -0.2) is 19.3 Å². The molecule has 0 aliphatic carbocycles. The van der Waals surface area contributed by atoms with Crippen molar-refractivity contribution in [2.75, 3.05) is 0 Å². The van der Waals surface area contributed by atoms with Crippen molar-refractivity contribution in [3.05, 3.63) is 131 Å². The zero-order valence-corrected chi connectivity index (χ0v) is 27.7. The molecule has 7 rings (SSSR count). The summed E-state index contributed by atoms with van der Waals surface area (Å²) in [6, 6.07) is 33.9. The number of pyridine rings is 1. The Bertz CT molecular complexity index is 2210. The molecule has 0 N–H and O–H groups in total. The van der Waals surface area contributed by atoms with E-state index in [4.69, 9.17) is 14.8 Å². The van der Waals surface area contributed by atoms with E-state index < -0.39 is 0 Å². The molecule has 0 unspecified atom stereocenters. The average molecular weight is 605 g/mol. The van der Waals surface area contributed by atoms with Crippen LogP contribution in [0.4, 0.5) is 0 Å². The van der Waals surface area contributed by atoms with Crippen molar-refractivity contribution < 1.29 is 4.74 Å². The van der Waals surface area contributed by atoms with Crippen LogP contribution in [0.1, 0.15) is 67.6 Å². The second-order valence-electron chi connectivity index (χ2n) is 12.9. The van der Waals surface area contributed by atoms with E-state index in [1.54, 1.807) is 0 Å². The van der Waals surface area contributed by atoms with Gasteiger partial charge in [0.05, 0.1) is 22.4 Å². The van der Waals surface area contributed by atoms with Gasteiger partial charge < -0.3 is 4.74 Å². The number of aromatic nitrogens is 4. The Kier molecular flexibility index (Phi) is 7.48. The molecule has 46 heavy (non-hydrogen) atoms. The fourth-order valence-electron chi connectivity index (χ4n) is 6.81. The predicted octanol–water partition coefficient (Wildman–Crippen LogP) is 11.0. The minimum Gasteiger partial charge on any atom is -0.457 e. The van der Waals surface area contributed by atoms with E-state index in [0.717, 1.165) is 50.8 Å². The first-order chi connectivity index (χ1) is 22.2. The minimum absolute atomic E-state index is 0.408. The van der Waals surface area contributed by atoms with Gasteiger partial charge in [0.2, 0.25) is 0 Å². The molecule has 0 saturated carbocycles. The summed E-state index contributed by atoms with van der Waals surface area (Å²) in [4.78, 5) is 4.72. The molecule has 0 radical (unpaired) electrons. The van der Waals surface area contributed by atoms with E-state index >= 15 is 0 Å². The Hall–Kier alpha value is -5.16. The number of benzene rings is 4. The summed E-state index contributed by atoms with van der Waals surface area (Å²) in [5.74, 6) is 3.23. The summed E-state index contributed by atoms with van der Waals surface area (Å²) in [7, 11) is 0. The zero-order chi connectivity index (χ0) is 32.1. The number of rotatable bonds is 7. The number of aryl methyl sites for hydroxylation is 2. The van der Waals surface area contributed by atoms with Gasteiger partial charge in [-0.3, -0.25) is 4.57 Å². The number of para-hydroxylation sites is 1. The summed E-state index contributed by atoms with van der Waals surface area (Å²) < 4.78 is 10.8. The molecule has 5 heteroatoms. The topological polar surface area (TPSA) is 44.9 Å². The monoisotopic (exact) mass is 604 g/mol. The van der Waals surface area contributed by atoms with Gasteiger partial charge in [0.25, 0.3) is 0 Å². The van der Waals surface area contributed by atoms with Crippen LogP contribution in [0.25, 0.3) is 44.4 Å². The SMILES string of the molecule is Cc1ccnc(-n2c3ccccc3c3ccc(Oc4cccc(-n5nc(C)c(-c6c(C(C)C)cccc6C(C)C)c5C)c4)cc32)c1. The quantitative estimate of drug-likeness (QED) is 0.182. The first-order valence-corrected chi connectivity index (χ1v) is 16.1. The second-order valence-corrected chi connectivity index (χ2v) is 12.9. The molecular formula is C41H40N4O. The van der Waals surface area contributed by atoms with Gasteiger partial charge >= 0.3 is 0 Å². The third-order valence-electron chi connectivity index (χ3n) is 8.99. The van der Waals surface area contributed by atoms with Gasteiger partial charge in [-0.05, 0) is 97.3 Å². The lowest BCUT2D eigenvalue weighted by molar-refractivity contribution is 0.483. The van der Waals surface area contributed by atoms with Crippen LogP contribution in [0.5, 0.6) is 11.5 Å². The molecule has 0 saturated heterocycles. The van der Waals surface area contributed by atoms with Crippen molar-refractivity contribution in [3.8, 4) is 34.1 Å². The third kappa shape index (κ3) is 5.06. The second kappa shape index (κ2) is 11.6. The first-order valence-electron chi connectivity index (χ1n) is 16.1. The van der Waals surface area contributed by atoms with Gasteiger partial charge in [0, 0.05) is 40.4 Å². The molecule has 0 spiro atoms. The first kappa shape index (κ1) is 29.5. The maximum Gasteiger partial charge on any atom is 0.137 e. The van der Waals surface area contributed by atoms with Gasteiger partial charge in [-0.2, -0.15) is 5.10 Å². The molecule has 230 valence electrons. The molecule has 0 bridgehead atoms. The molecule has 3 aromatic heterocycles. The summed E-state index contributed by atoms with van der Waals surface area (Å²) >= 11 is 0. The molecule has 0 aliphatic rings. The van der Waals surface area contributed by atoms with Gasteiger partial charge in [0.15, 0.2) is 0 Å². The van der Waals surface area contributed by atoms with Gasteiger partial charge in [-0.25, -0.2) is 9.67 Å². The Morgan fingerprint density at radius 2 is 1.33 bits per heavy atom. The Morgan fingerprint density at radius 1 is 0.630 bits per heavy atom. The standard InChI is InChI=1S/C41H40N4O/c1-25(2)33-15-11-16-34(26(3)4)41(33)40-28(6)43-45(29(40)7)30-12-10-13-31(23-30)46-32-18-19-36-35-14-8-9-17-37(35)44(38(36)24-32)39-22-27(5)20-21-42-39/h8-26H,1-7H3. The van der Waals surface area contributed by atoms with Crippen molar-refractivity contribution in [1.82, 2.24) is 19.3 Å². The highest BCUT2D eigenvalue weighted by Crippen LogP contribution is 2.40. The van der Waals surface area contributed by atoms with E-state index in [-0.39, 0.29) is 0 Å². The van der Waals surface area contributed by atoms with E-state index in [9.17, 15) is 0 Å². The van der Waals surface area contributed by atoms with E-state index in [0.29, 0.717) is 11.8 Å². The number of hydrogen-bond acceptors (Lipinski definition) is 3. The van der Waals surface area contributed by atoms with Crippen LogP contribution >= 0.6 is 0 Å². The number of nitrogens with zero attached hydrogens (tertiary/aromatic N) is 4. The summed E-state index contributed by atoms with van der Waals surface area (Å²) in [6.45, 7) is 15.5. The van der Waals surface area contributed by atoms with Crippen LogP contribution in [-0.2, 0) is 0 Å². The molecule has 0 aliphatic heterocycles. The molecular weight excluding hydrogens is 564 g/mol. The van der Waals surface area contributed by atoms with Gasteiger partial charge in [0.1, 0.15) is 17.3 Å². The lowest BCUT2D eigenvalue weighted by Crippen LogP contribution is -2.02. The summed E-state index contributed by atoms with van der Waals surface area (Å²) in [5.41, 5.74) is 11.7. The van der Waals surface area contributed by atoms with Crippen LogP contribution in [0.15, 0.2) is 103 Å². The fraction of sp³-hybridized carbons (Fsp3) is 0.220. The largest absolute Gasteiger partial charge is 0.457 e. The minimum atomic E-state index is 0.408. The van der Waals surface area contributed by atoms with Crippen LogP contribution in [0, 0.1) is 20.8 Å². The number of hydrogen-bond donors (Lipinski definition) is 0.